The molecule has 0 aliphatic heterocycles. The van der Waals surface area contributed by atoms with Crippen molar-refractivity contribution in [2.45, 2.75) is 104 Å². The van der Waals surface area contributed by atoms with E-state index in [-0.39, 0.29) is 36.0 Å². The summed E-state index contributed by atoms with van der Waals surface area (Å²) in [5.74, 6) is -0.0612. The molecule has 2 amide bonds. The maximum atomic E-state index is 12.7. The molecule has 0 saturated heterocycles. The van der Waals surface area contributed by atoms with E-state index in [0.717, 1.165) is 25.7 Å². The van der Waals surface area contributed by atoms with Crippen molar-refractivity contribution in [1.82, 2.24) is 10.2 Å². The molecular formula is C19H37N3O3. The predicted molar refractivity (Wildman–Crippen MR) is 100 cm³/mol. The van der Waals surface area contributed by atoms with Crippen LogP contribution in [0.5, 0.6) is 0 Å². The Labute approximate surface area is 152 Å². The molecule has 3 N–H and O–H groups in total. The molecule has 1 aliphatic rings. The van der Waals surface area contributed by atoms with Crippen molar-refractivity contribution in [3.05, 3.63) is 0 Å². The third kappa shape index (κ3) is 6.49. The maximum absolute atomic E-state index is 12.7. The van der Waals surface area contributed by atoms with Gasteiger partial charge in [0.2, 0.25) is 5.91 Å². The van der Waals surface area contributed by atoms with E-state index in [4.69, 9.17) is 10.5 Å². The van der Waals surface area contributed by atoms with Gasteiger partial charge >= 0.3 is 6.09 Å². The molecule has 0 spiro atoms. The van der Waals surface area contributed by atoms with Gasteiger partial charge in [-0.25, -0.2) is 4.79 Å². The van der Waals surface area contributed by atoms with E-state index in [1.54, 1.807) is 4.90 Å². The van der Waals surface area contributed by atoms with Crippen LogP contribution in [-0.2, 0) is 9.53 Å². The SMILES string of the molecule is CC(C)C(N)C(=O)NC1CCCCC1N(C(=O)OC(C)(C)C)C(C)C. The van der Waals surface area contributed by atoms with Crippen LogP contribution < -0.4 is 11.1 Å². The highest BCUT2D eigenvalue weighted by atomic mass is 16.6. The quantitative estimate of drug-likeness (QED) is 0.794. The summed E-state index contributed by atoms with van der Waals surface area (Å²) in [6.07, 6.45) is 3.48. The fourth-order valence-electron chi connectivity index (χ4n) is 3.24. The Balaban J connectivity index is 2.94. The van der Waals surface area contributed by atoms with Crippen LogP contribution in [0, 0.1) is 5.92 Å². The lowest BCUT2D eigenvalue weighted by Gasteiger charge is -2.43. The zero-order chi connectivity index (χ0) is 19.4. The van der Waals surface area contributed by atoms with Gasteiger partial charge in [0, 0.05) is 12.1 Å². The molecule has 0 radical (unpaired) electrons. The van der Waals surface area contributed by atoms with Gasteiger partial charge in [0.15, 0.2) is 0 Å². The van der Waals surface area contributed by atoms with E-state index < -0.39 is 11.6 Å². The lowest BCUT2D eigenvalue weighted by Crippen LogP contribution is -2.59. The highest BCUT2D eigenvalue weighted by molar-refractivity contribution is 5.82. The Morgan fingerprint density at radius 3 is 2.16 bits per heavy atom. The zero-order valence-electron chi connectivity index (χ0n) is 17.0. The zero-order valence-corrected chi connectivity index (χ0v) is 17.0. The Kier molecular flexibility index (Phi) is 7.72. The lowest BCUT2D eigenvalue weighted by atomic mass is 9.88. The van der Waals surface area contributed by atoms with Gasteiger partial charge < -0.3 is 20.7 Å². The maximum Gasteiger partial charge on any atom is 0.410 e. The molecule has 0 bridgehead atoms. The molecule has 1 fully saturated rings. The monoisotopic (exact) mass is 355 g/mol. The van der Waals surface area contributed by atoms with Crippen LogP contribution in [0.2, 0.25) is 0 Å². The van der Waals surface area contributed by atoms with Crippen molar-refractivity contribution in [2.75, 3.05) is 0 Å². The summed E-state index contributed by atoms with van der Waals surface area (Å²) in [6, 6.07) is -0.680. The second-order valence-electron chi connectivity index (χ2n) is 8.72. The van der Waals surface area contributed by atoms with E-state index in [2.05, 4.69) is 5.32 Å². The molecule has 1 saturated carbocycles. The number of nitrogens with one attached hydrogen (secondary N) is 1. The lowest BCUT2D eigenvalue weighted by molar-refractivity contribution is -0.124. The summed E-state index contributed by atoms with van der Waals surface area (Å²) < 4.78 is 5.60. The minimum atomic E-state index is -0.544. The van der Waals surface area contributed by atoms with E-state index in [9.17, 15) is 9.59 Å². The van der Waals surface area contributed by atoms with Crippen molar-refractivity contribution in [2.24, 2.45) is 11.7 Å². The number of hydrogen-bond donors (Lipinski definition) is 2. The topological polar surface area (TPSA) is 84.7 Å². The molecule has 3 unspecified atom stereocenters. The Hall–Kier alpha value is -1.30. The second kappa shape index (κ2) is 8.88. The van der Waals surface area contributed by atoms with Crippen molar-refractivity contribution in [1.29, 1.82) is 0 Å². The van der Waals surface area contributed by atoms with Crippen LogP contribution in [0.1, 0.15) is 74.1 Å². The van der Waals surface area contributed by atoms with Crippen molar-refractivity contribution in [3.8, 4) is 0 Å². The Morgan fingerprint density at radius 2 is 1.68 bits per heavy atom. The van der Waals surface area contributed by atoms with Gasteiger partial charge in [-0.1, -0.05) is 26.7 Å². The second-order valence-corrected chi connectivity index (χ2v) is 8.72. The van der Waals surface area contributed by atoms with Crippen LogP contribution >= 0.6 is 0 Å². The smallest absolute Gasteiger partial charge is 0.410 e. The number of carbonyl (C=O) groups is 2. The van der Waals surface area contributed by atoms with Crippen molar-refractivity contribution < 1.29 is 14.3 Å². The average Bonchev–Trinajstić information content (AvgIpc) is 2.45. The van der Waals surface area contributed by atoms with E-state index in [0.29, 0.717) is 0 Å². The predicted octanol–water partition coefficient (Wildman–Crippen LogP) is 3.04. The first-order valence-electron chi connectivity index (χ1n) is 9.51. The fourth-order valence-corrected chi connectivity index (χ4v) is 3.24. The third-order valence-electron chi connectivity index (χ3n) is 4.60. The molecule has 6 heteroatoms. The van der Waals surface area contributed by atoms with Gasteiger partial charge in [-0.05, 0) is 53.4 Å². The molecule has 3 atom stereocenters. The summed E-state index contributed by atoms with van der Waals surface area (Å²) in [6.45, 7) is 13.4. The first-order chi connectivity index (χ1) is 11.4. The summed E-state index contributed by atoms with van der Waals surface area (Å²) in [5, 5.41) is 3.09. The summed E-state index contributed by atoms with van der Waals surface area (Å²) in [4.78, 5) is 26.9. The highest BCUT2D eigenvalue weighted by Crippen LogP contribution is 2.27. The minimum Gasteiger partial charge on any atom is -0.444 e. The number of ether oxygens (including phenoxy) is 1. The van der Waals surface area contributed by atoms with Crippen LogP contribution in [0.4, 0.5) is 4.79 Å². The number of hydrogen-bond acceptors (Lipinski definition) is 4. The first kappa shape index (κ1) is 21.7. The van der Waals surface area contributed by atoms with Crippen molar-refractivity contribution >= 4 is 12.0 Å². The summed E-state index contributed by atoms with van der Waals surface area (Å²) >= 11 is 0. The molecule has 1 aliphatic carbocycles. The highest BCUT2D eigenvalue weighted by Gasteiger charge is 2.38. The third-order valence-corrected chi connectivity index (χ3v) is 4.60. The fraction of sp³-hybridized carbons (Fsp3) is 0.895. The molecule has 0 heterocycles. The number of rotatable bonds is 5. The number of amides is 2. The molecular weight excluding hydrogens is 318 g/mol. The molecule has 1 rings (SSSR count). The van der Waals surface area contributed by atoms with Crippen LogP contribution in [-0.4, -0.2) is 46.7 Å². The van der Waals surface area contributed by atoms with Crippen LogP contribution in [0.15, 0.2) is 0 Å². The van der Waals surface area contributed by atoms with E-state index >= 15 is 0 Å². The Bertz CT molecular complexity index is 457. The van der Waals surface area contributed by atoms with Gasteiger partial charge in [-0.3, -0.25) is 4.79 Å². The Morgan fingerprint density at radius 1 is 1.12 bits per heavy atom. The first-order valence-corrected chi connectivity index (χ1v) is 9.51. The molecule has 6 nitrogen and oxygen atoms in total. The van der Waals surface area contributed by atoms with Gasteiger partial charge in [0.1, 0.15) is 5.60 Å². The van der Waals surface area contributed by atoms with Gasteiger partial charge in [0.25, 0.3) is 0 Å². The average molecular weight is 356 g/mol. The summed E-state index contributed by atoms with van der Waals surface area (Å²) in [7, 11) is 0. The molecule has 146 valence electrons. The standard InChI is InChI=1S/C19H37N3O3/c1-12(2)16(20)17(23)21-14-10-8-9-11-15(14)22(13(3)4)18(24)25-19(5,6)7/h12-16H,8-11,20H2,1-7H3,(H,21,23). The largest absolute Gasteiger partial charge is 0.444 e. The van der Waals surface area contributed by atoms with E-state index in [1.165, 1.54) is 0 Å². The molecule has 0 aromatic rings. The van der Waals surface area contributed by atoms with E-state index in [1.807, 2.05) is 48.5 Å². The molecule has 0 aromatic heterocycles. The van der Waals surface area contributed by atoms with Crippen LogP contribution in [0.3, 0.4) is 0 Å². The summed E-state index contributed by atoms with van der Waals surface area (Å²) in [5.41, 5.74) is 5.44. The number of nitrogens with zero attached hydrogens (tertiary/aromatic N) is 1. The number of carbonyl (C=O) groups excluding carboxylic acids is 2. The van der Waals surface area contributed by atoms with Crippen molar-refractivity contribution in [3.63, 3.8) is 0 Å². The number of nitrogens with two attached hydrogens (primary N) is 1. The van der Waals surface area contributed by atoms with Crippen LogP contribution in [0.25, 0.3) is 0 Å². The van der Waals surface area contributed by atoms with Gasteiger partial charge in [-0.15, -0.1) is 0 Å². The molecule has 25 heavy (non-hydrogen) atoms. The van der Waals surface area contributed by atoms with Gasteiger partial charge in [-0.2, -0.15) is 0 Å². The molecule has 0 aromatic carbocycles. The van der Waals surface area contributed by atoms with Gasteiger partial charge in [0.05, 0.1) is 12.1 Å². The normalized spacial score (nSPS) is 22.6. The minimum absolute atomic E-state index is 0.00359.